The van der Waals surface area contributed by atoms with Gasteiger partial charge in [0.15, 0.2) is 0 Å². The van der Waals surface area contributed by atoms with Crippen LogP contribution in [0.15, 0.2) is 29.2 Å². The van der Waals surface area contributed by atoms with Crippen molar-refractivity contribution in [3.63, 3.8) is 0 Å². The largest absolute Gasteiger partial charge is 0.481 e. The minimum atomic E-state index is -0.776. The molecule has 0 saturated heterocycles. The van der Waals surface area contributed by atoms with Gasteiger partial charge in [-0.15, -0.1) is 0 Å². The number of hydrogen-bond donors (Lipinski definition) is 1. The van der Waals surface area contributed by atoms with Gasteiger partial charge in [0.05, 0.1) is 6.42 Å². The van der Waals surface area contributed by atoms with Gasteiger partial charge in [0.1, 0.15) is 5.40 Å². The van der Waals surface area contributed by atoms with E-state index in [2.05, 4.69) is 11.8 Å². The second kappa shape index (κ2) is 9.27. The molecule has 0 atom stereocenters. The number of carboxylic acids is 1. The molecule has 0 radical (unpaired) electrons. The molecule has 4 nitrogen and oxygen atoms in total. The highest BCUT2D eigenvalue weighted by Gasteiger charge is 2.08. The van der Waals surface area contributed by atoms with Crippen molar-refractivity contribution < 1.29 is 9.90 Å². The number of nitrogens with zero attached hydrogens (tertiary/aromatic N) is 2. The first-order valence-corrected chi connectivity index (χ1v) is 7.61. The molecule has 0 aliphatic heterocycles. The van der Waals surface area contributed by atoms with E-state index in [0.717, 1.165) is 48.2 Å². The molecule has 0 unspecified atom stereocenters. The van der Waals surface area contributed by atoms with Gasteiger partial charge in [-0.2, -0.15) is 5.26 Å². The fraction of sp³-hybridized carbons (Fsp3) is 0.467. The van der Waals surface area contributed by atoms with Crippen molar-refractivity contribution in [2.24, 2.45) is 0 Å². The lowest BCUT2D eigenvalue weighted by atomic mass is 10.2. The van der Waals surface area contributed by atoms with Crippen LogP contribution in [0.3, 0.4) is 0 Å². The SMILES string of the molecule is CCCCCN(CCC(=O)O)c1ccc(SC#N)cc1. The lowest BCUT2D eigenvalue weighted by Crippen LogP contribution is -2.27. The molecule has 1 aromatic rings. The van der Waals surface area contributed by atoms with Crippen molar-refractivity contribution in [2.45, 2.75) is 37.5 Å². The van der Waals surface area contributed by atoms with Gasteiger partial charge >= 0.3 is 5.97 Å². The monoisotopic (exact) mass is 292 g/mol. The van der Waals surface area contributed by atoms with E-state index < -0.39 is 5.97 Å². The molecule has 5 heteroatoms. The molecule has 1 N–H and O–H groups in total. The minimum Gasteiger partial charge on any atom is -0.481 e. The smallest absolute Gasteiger partial charge is 0.305 e. The molecule has 20 heavy (non-hydrogen) atoms. The molecular weight excluding hydrogens is 272 g/mol. The third kappa shape index (κ3) is 5.98. The number of hydrogen-bond acceptors (Lipinski definition) is 4. The molecule has 1 aromatic carbocycles. The van der Waals surface area contributed by atoms with E-state index in [4.69, 9.17) is 10.4 Å². The zero-order valence-corrected chi connectivity index (χ0v) is 12.5. The van der Waals surface area contributed by atoms with Gasteiger partial charge in [-0.05, 0) is 42.4 Å². The molecule has 0 aromatic heterocycles. The number of benzene rings is 1. The topological polar surface area (TPSA) is 64.3 Å². The Balaban J connectivity index is 2.69. The van der Waals surface area contributed by atoms with Crippen LogP contribution in [-0.2, 0) is 4.79 Å². The predicted octanol–water partition coefficient (Wildman–Crippen LogP) is 3.73. The zero-order valence-electron chi connectivity index (χ0n) is 11.7. The highest BCUT2D eigenvalue weighted by Crippen LogP contribution is 2.22. The number of aliphatic carboxylic acids is 1. The van der Waals surface area contributed by atoms with Crippen molar-refractivity contribution in [2.75, 3.05) is 18.0 Å². The summed E-state index contributed by atoms with van der Waals surface area (Å²) < 4.78 is 0. The summed E-state index contributed by atoms with van der Waals surface area (Å²) in [5.41, 5.74) is 1.02. The Morgan fingerprint density at radius 1 is 1.30 bits per heavy atom. The molecule has 108 valence electrons. The first-order valence-electron chi connectivity index (χ1n) is 6.80. The van der Waals surface area contributed by atoms with Crippen LogP contribution in [-0.4, -0.2) is 24.2 Å². The summed E-state index contributed by atoms with van der Waals surface area (Å²) in [5.74, 6) is -0.776. The predicted molar refractivity (Wildman–Crippen MR) is 81.9 cm³/mol. The van der Waals surface area contributed by atoms with Crippen LogP contribution < -0.4 is 4.90 Å². The van der Waals surface area contributed by atoms with Crippen LogP contribution >= 0.6 is 11.8 Å². The highest BCUT2D eigenvalue weighted by atomic mass is 32.2. The zero-order chi connectivity index (χ0) is 14.8. The Labute approximate surface area is 124 Å². The van der Waals surface area contributed by atoms with E-state index in [-0.39, 0.29) is 6.42 Å². The molecule has 0 aliphatic rings. The van der Waals surface area contributed by atoms with Gasteiger partial charge in [0.2, 0.25) is 0 Å². The maximum atomic E-state index is 10.7. The summed E-state index contributed by atoms with van der Waals surface area (Å²) in [6.07, 6.45) is 3.49. The number of anilines is 1. The first kappa shape index (κ1) is 16.4. The van der Waals surface area contributed by atoms with Gasteiger partial charge < -0.3 is 10.0 Å². The summed E-state index contributed by atoms with van der Waals surface area (Å²) in [4.78, 5) is 13.7. The van der Waals surface area contributed by atoms with Gasteiger partial charge in [0.25, 0.3) is 0 Å². The van der Waals surface area contributed by atoms with Gasteiger partial charge in [-0.1, -0.05) is 19.8 Å². The van der Waals surface area contributed by atoms with E-state index in [1.54, 1.807) is 0 Å². The first-order chi connectivity index (χ1) is 9.67. The quantitative estimate of drug-likeness (QED) is 0.427. The summed E-state index contributed by atoms with van der Waals surface area (Å²) in [6, 6.07) is 7.70. The van der Waals surface area contributed by atoms with E-state index in [1.807, 2.05) is 29.7 Å². The Kier molecular flexibility index (Phi) is 7.59. The molecule has 0 heterocycles. The number of unbranched alkanes of at least 4 members (excludes halogenated alkanes) is 2. The number of carbonyl (C=O) groups is 1. The highest BCUT2D eigenvalue weighted by molar-refractivity contribution is 8.03. The maximum absolute atomic E-state index is 10.7. The molecule has 0 fully saturated rings. The Hall–Kier alpha value is -1.67. The molecular formula is C15H20N2O2S. The number of nitriles is 1. The van der Waals surface area contributed by atoms with Crippen molar-refractivity contribution in [3.05, 3.63) is 24.3 Å². The van der Waals surface area contributed by atoms with Crippen LogP contribution in [0.1, 0.15) is 32.6 Å². The fourth-order valence-corrected chi connectivity index (χ4v) is 2.31. The number of thioether (sulfide) groups is 1. The normalized spacial score (nSPS) is 10.0. The van der Waals surface area contributed by atoms with Crippen molar-refractivity contribution in [1.82, 2.24) is 0 Å². The average Bonchev–Trinajstić information content (AvgIpc) is 2.44. The fourth-order valence-electron chi connectivity index (χ4n) is 1.93. The van der Waals surface area contributed by atoms with Crippen molar-refractivity contribution in [1.29, 1.82) is 5.26 Å². The second-order valence-electron chi connectivity index (χ2n) is 4.53. The second-order valence-corrected chi connectivity index (χ2v) is 5.38. The van der Waals surface area contributed by atoms with Crippen LogP contribution in [0, 0.1) is 10.7 Å². The van der Waals surface area contributed by atoms with E-state index in [0.29, 0.717) is 6.54 Å². The lowest BCUT2D eigenvalue weighted by molar-refractivity contribution is -0.136. The van der Waals surface area contributed by atoms with Gasteiger partial charge in [-0.3, -0.25) is 4.79 Å². The van der Waals surface area contributed by atoms with Crippen LogP contribution in [0.5, 0.6) is 0 Å². The van der Waals surface area contributed by atoms with E-state index in [9.17, 15) is 4.79 Å². The van der Waals surface area contributed by atoms with E-state index in [1.165, 1.54) is 0 Å². The van der Waals surface area contributed by atoms with Crippen LogP contribution in [0.2, 0.25) is 0 Å². The van der Waals surface area contributed by atoms with Crippen LogP contribution in [0.4, 0.5) is 5.69 Å². The molecule has 0 aliphatic carbocycles. The van der Waals surface area contributed by atoms with E-state index >= 15 is 0 Å². The molecule has 0 spiro atoms. The maximum Gasteiger partial charge on any atom is 0.305 e. The van der Waals surface area contributed by atoms with Crippen LogP contribution in [0.25, 0.3) is 0 Å². The molecule has 0 saturated carbocycles. The van der Waals surface area contributed by atoms with Crippen molar-refractivity contribution >= 4 is 23.4 Å². The Morgan fingerprint density at radius 3 is 2.55 bits per heavy atom. The Morgan fingerprint density at radius 2 is 2.00 bits per heavy atom. The minimum absolute atomic E-state index is 0.140. The Bertz CT molecular complexity index is 454. The lowest BCUT2D eigenvalue weighted by Gasteiger charge is -2.24. The number of thiocyanates is 1. The molecule has 0 bridgehead atoms. The van der Waals surface area contributed by atoms with Crippen molar-refractivity contribution in [3.8, 4) is 5.40 Å². The summed E-state index contributed by atoms with van der Waals surface area (Å²) >= 11 is 1.13. The number of carboxylic acid groups (broad SMARTS) is 1. The molecule has 1 rings (SSSR count). The molecule has 0 amide bonds. The van der Waals surface area contributed by atoms with Gasteiger partial charge in [-0.25, -0.2) is 0 Å². The summed E-state index contributed by atoms with van der Waals surface area (Å²) in [7, 11) is 0. The number of rotatable bonds is 9. The standard InChI is InChI=1S/C15H20N2O2S/c1-2-3-4-10-17(11-9-15(18)19)13-5-7-14(8-6-13)20-12-16/h5-8H,2-4,9-11H2,1H3,(H,18,19). The third-order valence-corrected chi connectivity index (χ3v) is 3.59. The summed E-state index contributed by atoms with van der Waals surface area (Å²) in [5, 5.41) is 19.5. The summed E-state index contributed by atoms with van der Waals surface area (Å²) in [6.45, 7) is 3.53. The average molecular weight is 292 g/mol. The third-order valence-electron chi connectivity index (χ3n) is 2.99. The van der Waals surface area contributed by atoms with Gasteiger partial charge in [0, 0.05) is 23.7 Å².